The summed E-state index contributed by atoms with van der Waals surface area (Å²) in [5.41, 5.74) is 1.52. The van der Waals surface area contributed by atoms with Crippen molar-refractivity contribution in [1.82, 2.24) is 0 Å². The summed E-state index contributed by atoms with van der Waals surface area (Å²) in [5, 5.41) is 0.395. The Hall–Kier alpha value is -1.06. The molecule has 0 amide bonds. The molecule has 0 aliphatic carbocycles. The number of ether oxygens (including phenoxy) is 1. The summed E-state index contributed by atoms with van der Waals surface area (Å²) in [5.74, 6) is 0.488. The summed E-state index contributed by atoms with van der Waals surface area (Å²) in [6, 6.07) is 12.3. The Balaban J connectivity index is 2.22. The standard InChI is InChI=1S/C16H15BrClFO/c1-10(2)20-13-6-3-11(4-7-13)16(17)14-8-5-12(18)9-15(14)19/h3-10,16H,1-2H3. The summed E-state index contributed by atoms with van der Waals surface area (Å²) >= 11 is 9.29. The Bertz CT molecular complexity index is 584. The van der Waals surface area contributed by atoms with Crippen molar-refractivity contribution in [3.63, 3.8) is 0 Å². The predicted octanol–water partition coefficient (Wildman–Crippen LogP) is 5.75. The Morgan fingerprint density at radius 1 is 1.10 bits per heavy atom. The Labute approximate surface area is 131 Å². The minimum Gasteiger partial charge on any atom is -0.491 e. The third-order valence-electron chi connectivity index (χ3n) is 2.78. The van der Waals surface area contributed by atoms with Gasteiger partial charge in [-0.05, 0) is 43.7 Å². The van der Waals surface area contributed by atoms with Crippen LogP contribution in [0.15, 0.2) is 42.5 Å². The number of alkyl halides is 1. The van der Waals surface area contributed by atoms with Crippen LogP contribution in [-0.2, 0) is 0 Å². The fourth-order valence-electron chi connectivity index (χ4n) is 1.87. The minimum absolute atomic E-state index is 0.134. The molecule has 0 saturated carbocycles. The van der Waals surface area contributed by atoms with Crippen molar-refractivity contribution in [2.45, 2.75) is 24.8 Å². The molecule has 0 heterocycles. The third kappa shape index (κ3) is 3.74. The first kappa shape index (κ1) is 15.3. The van der Waals surface area contributed by atoms with Crippen molar-refractivity contribution in [3.05, 3.63) is 64.4 Å². The molecule has 20 heavy (non-hydrogen) atoms. The average Bonchev–Trinajstić information content (AvgIpc) is 2.38. The SMILES string of the molecule is CC(C)Oc1ccc(C(Br)c2ccc(Cl)cc2F)cc1. The van der Waals surface area contributed by atoms with Gasteiger partial charge in [-0.3, -0.25) is 0 Å². The molecule has 0 aliphatic heterocycles. The first-order chi connectivity index (χ1) is 9.47. The van der Waals surface area contributed by atoms with Crippen LogP contribution >= 0.6 is 27.5 Å². The average molecular weight is 358 g/mol. The highest BCUT2D eigenvalue weighted by Crippen LogP contribution is 2.34. The summed E-state index contributed by atoms with van der Waals surface area (Å²) in [6.45, 7) is 3.95. The maximum absolute atomic E-state index is 13.9. The predicted molar refractivity (Wildman–Crippen MR) is 84.4 cm³/mol. The largest absolute Gasteiger partial charge is 0.491 e. The lowest BCUT2D eigenvalue weighted by Crippen LogP contribution is -2.05. The van der Waals surface area contributed by atoms with Crippen LogP contribution in [0.1, 0.15) is 29.8 Å². The van der Waals surface area contributed by atoms with Crippen molar-refractivity contribution in [2.75, 3.05) is 0 Å². The molecule has 0 fully saturated rings. The molecule has 0 aromatic heterocycles. The topological polar surface area (TPSA) is 9.23 Å². The van der Waals surface area contributed by atoms with E-state index in [1.807, 2.05) is 38.1 Å². The van der Waals surface area contributed by atoms with Gasteiger partial charge in [-0.15, -0.1) is 0 Å². The van der Waals surface area contributed by atoms with Gasteiger partial charge in [-0.25, -0.2) is 4.39 Å². The van der Waals surface area contributed by atoms with E-state index in [0.29, 0.717) is 10.6 Å². The lowest BCUT2D eigenvalue weighted by atomic mass is 10.0. The van der Waals surface area contributed by atoms with Gasteiger partial charge in [0.25, 0.3) is 0 Å². The van der Waals surface area contributed by atoms with Gasteiger partial charge in [-0.1, -0.05) is 45.7 Å². The van der Waals surface area contributed by atoms with Gasteiger partial charge in [-0.2, -0.15) is 0 Å². The second kappa shape index (κ2) is 6.59. The van der Waals surface area contributed by atoms with Crippen LogP contribution in [-0.4, -0.2) is 6.10 Å². The van der Waals surface area contributed by atoms with Crippen LogP contribution in [0.5, 0.6) is 5.75 Å². The van der Waals surface area contributed by atoms with Crippen LogP contribution in [0.25, 0.3) is 0 Å². The second-order valence-corrected chi connectivity index (χ2v) is 6.12. The highest BCUT2D eigenvalue weighted by atomic mass is 79.9. The highest BCUT2D eigenvalue weighted by Gasteiger charge is 2.15. The first-order valence-corrected chi connectivity index (χ1v) is 7.62. The third-order valence-corrected chi connectivity index (χ3v) is 4.04. The zero-order valence-electron chi connectivity index (χ0n) is 11.2. The summed E-state index contributed by atoms with van der Waals surface area (Å²) in [7, 11) is 0. The maximum Gasteiger partial charge on any atom is 0.129 e. The van der Waals surface area contributed by atoms with Crippen LogP contribution in [0.4, 0.5) is 4.39 Å². The number of halogens is 3. The quantitative estimate of drug-likeness (QED) is 0.633. The van der Waals surface area contributed by atoms with E-state index in [9.17, 15) is 4.39 Å². The van der Waals surface area contributed by atoms with Gasteiger partial charge < -0.3 is 4.74 Å². The van der Waals surface area contributed by atoms with E-state index < -0.39 is 0 Å². The number of hydrogen-bond donors (Lipinski definition) is 0. The molecule has 1 unspecified atom stereocenters. The van der Waals surface area contributed by atoms with Crippen LogP contribution in [0.3, 0.4) is 0 Å². The Kier molecular flexibility index (Phi) is 5.06. The fraction of sp³-hybridized carbons (Fsp3) is 0.250. The van der Waals surface area contributed by atoms with E-state index in [-0.39, 0.29) is 16.7 Å². The van der Waals surface area contributed by atoms with E-state index in [4.69, 9.17) is 16.3 Å². The van der Waals surface area contributed by atoms with Gasteiger partial charge >= 0.3 is 0 Å². The Morgan fingerprint density at radius 2 is 1.75 bits per heavy atom. The molecule has 1 nitrogen and oxygen atoms in total. The van der Waals surface area contributed by atoms with Crippen molar-refractivity contribution in [2.24, 2.45) is 0 Å². The molecule has 0 aliphatic rings. The molecular weight excluding hydrogens is 343 g/mol. The van der Waals surface area contributed by atoms with E-state index in [1.165, 1.54) is 6.07 Å². The zero-order valence-corrected chi connectivity index (χ0v) is 13.6. The smallest absolute Gasteiger partial charge is 0.129 e. The molecule has 4 heteroatoms. The number of benzene rings is 2. The molecule has 0 radical (unpaired) electrons. The molecule has 0 bridgehead atoms. The van der Waals surface area contributed by atoms with Crippen molar-refractivity contribution >= 4 is 27.5 Å². The molecule has 0 N–H and O–H groups in total. The van der Waals surface area contributed by atoms with Crippen molar-refractivity contribution < 1.29 is 9.13 Å². The normalized spacial score (nSPS) is 12.5. The summed E-state index contributed by atoms with van der Waals surface area (Å²) < 4.78 is 19.5. The molecule has 1 atom stereocenters. The number of hydrogen-bond acceptors (Lipinski definition) is 1. The minimum atomic E-state index is -0.318. The first-order valence-electron chi connectivity index (χ1n) is 6.33. The van der Waals surface area contributed by atoms with E-state index in [1.54, 1.807) is 12.1 Å². The second-order valence-electron chi connectivity index (χ2n) is 4.76. The lowest BCUT2D eigenvalue weighted by molar-refractivity contribution is 0.242. The summed E-state index contributed by atoms with van der Waals surface area (Å²) in [6.07, 6.45) is 0.134. The Morgan fingerprint density at radius 3 is 2.30 bits per heavy atom. The molecule has 106 valence electrons. The van der Waals surface area contributed by atoms with Crippen molar-refractivity contribution in [3.8, 4) is 5.75 Å². The van der Waals surface area contributed by atoms with Gasteiger partial charge in [0.2, 0.25) is 0 Å². The zero-order chi connectivity index (χ0) is 14.7. The number of rotatable bonds is 4. The van der Waals surface area contributed by atoms with Crippen LogP contribution in [0, 0.1) is 5.82 Å². The monoisotopic (exact) mass is 356 g/mol. The van der Waals surface area contributed by atoms with Gasteiger partial charge in [0.1, 0.15) is 11.6 Å². The van der Waals surface area contributed by atoms with Crippen LogP contribution < -0.4 is 4.74 Å². The summed E-state index contributed by atoms with van der Waals surface area (Å²) in [4.78, 5) is -0.215. The molecule has 2 aromatic rings. The molecular formula is C16H15BrClFO. The lowest BCUT2D eigenvalue weighted by Gasteiger charge is -2.14. The molecule has 0 saturated heterocycles. The van der Waals surface area contributed by atoms with Gasteiger partial charge in [0.15, 0.2) is 0 Å². The van der Waals surface area contributed by atoms with E-state index in [0.717, 1.165) is 11.3 Å². The van der Waals surface area contributed by atoms with Crippen molar-refractivity contribution in [1.29, 1.82) is 0 Å². The molecule has 2 rings (SSSR count). The van der Waals surface area contributed by atoms with E-state index >= 15 is 0 Å². The fourth-order valence-corrected chi connectivity index (χ4v) is 2.71. The van der Waals surface area contributed by atoms with Gasteiger partial charge in [0, 0.05) is 10.6 Å². The van der Waals surface area contributed by atoms with E-state index in [2.05, 4.69) is 15.9 Å². The maximum atomic E-state index is 13.9. The van der Waals surface area contributed by atoms with Gasteiger partial charge in [0.05, 0.1) is 10.9 Å². The highest BCUT2D eigenvalue weighted by molar-refractivity contribution is 9.09. The molecule has 2 aromatic carbocycles. The van der Waals surface area contributed by atoms with Crippen LogP contribution in [0.2, 0.25) is 5.02 Å². The molecule has 0 spiro atoms.